The lowest BCUT2D eigenvalue weighted by Crippen LogP contribution is -2.27. The third-order valence-corrected chi connectivity index (χ3v) is 4.46. The van der Waals surface area contributed by atoms with Crippen LogP contribution in [0.1, 0.15) is 47.3 Å². The van der Waals surface area contributed by atoms with Crippen molar-refractivity contribution in [2.24, 2.45) is 5.92 Å². The third-order valence-electron chi connectivity index (χ3n) is 4.46. The molecule has 0 aliphatic rings. The molecule has 0 radical (unpaired) electrons. The molecule has 0 saturated carbocycles. The zero-order valence-corrected chi connectivity index (χ0v) is 16.1. The van der Waals surface area contributed by atoms with Gasteiger partial charge in [-0.15, -0.1) is 0 Å². The predicted octanol–water partition coefficient (Wildman–Crippen LogP) is 3.21. The summed E-state index contributed by atoms with van der Waals surface area (Å²) in [6, 6.07) is 9.23. The first-order valence-electron chi connectivity index (χ1n) is 8.82. The van der Waals surface area contributed by atoms with E-state index in [-0.39, 0.29) is 47.2 Å². The van der Waals surface area contributed by atoms with Crippen LogP contribution in [0, 0.1) is 24.2 Å². The maximum Gasteiger partial charge on any atom is 0.271 e. The van der Waals surface area contributed by atoms with Gasteiger partial charge >= 0.3 is 0 Å². The fourth-order valence-electron chi connectivity index (χ4n) is 3.00. The number of rotatable bonds is 7. The largest absolute Gasteiger partial charge is 0.497 e. The van der Waals surface area contributed by atoms with Crippen LogP contribution in [-0.2, 0) is 13.0 Å². The van der Waals surface area contributed by atoms with E-state index in [1.54, 1.807) is 7.11 Å². The van der Waals surface area contributed by atoms with Gasteiger partial charge in [0.2, 0.25) is 5.88 Å². The fraction of sp³-hybridized carbons (Fsp3) is 0.381. The molecule has 0 aliphatic heterocycles. The van der Waals surface area contributed by atoms with Gasteiger partial charge in [0.25, 0.3) is 5.56 Å². The molecule has 0 bridgehead atoms. The molecule has 1 aromatic heterocycles. The molecule has 2 rings (SSSR count). The summed E-state index contributed by atoms with van der Waals surface area (Å²) < 4.78 is 6.23. The number of Topliss-reactive ketones (excluding diaryl/α,β-unsaturated/α-hetero) is 1. The van der Waals surface area contributed by atoms with Crippen molar-refractivity contribution in [3.8, 4) is 17.7 Å². The SMILES string of the molecule is COc1ccc(CCn2c(O)c(C(=O)CC(C)C)c(C)c(C#N)c2=O)cc1. The standard InChI is InChI=1S/C21H24N2O4/c1-13(2)11-18(24)19-14(3)17(12-22)20(25)23(21(19)26)10-9-15-5-7-16(27-4)8-6-15/h5-8,13,26H,9-11H2,1-4H3. The molecule has 2 aromatic rings. The van der Waals surface area contributed by atoms with Gasteiger partial charge in [0, 0.05) is 13.0 Å². The highest BCUT2D eigenvalue weighted by Crippen LogP contribution is 2.25. The number of ketones is 1. The Morgan fingerprint density at radius 1 is 1.30 bits per heavy atom. The van der Waals surface area contributed by atoms with E-state index in [1.165, 1.54) is 6.92 Å². The van der Waals surface area contributed by atoms with Crippen LogP contribution in [0.25, 0.3) is 0 Å². The molecule has 1 aromatic carbocycles. The first-order chi connectivity index (χ1) is 12.8. The molecule has 0 fully saturated rings. The van der Waals surface area contributed by atoms with E-state index in [0.29, 0.717) is 6.42 Å². The Hall–Kier alpha value is -3.07. The molecule has 0 spiro atoms. The Balaban J connectivity index is 2.44. The molecule has 0 aliphatic carbocycles. The first kappa shape index (κ1) is 20.2. The number of hydrogen-bond acceptors (Lipinski definition) is 5. The third kappa shape index (κ3) is 4.37. The maximum atomic E-state index is 12.6. The van der Waals surface area contributed by atoms with E-state index < -0.39 is 5.56 Å². The van der Waals surface area contributed by atoms with Crippen molar-refractivity contribution in [1.29, 1.82) is 5.26 Å². The van der Waals surface area contributed by atoms with Crippen molar-refractivity contribution in [1.82, 2.24) is 4.57 Å². The topological polar surface area (TPSA) is 92.3 Å². The number of aryl methyl sites for hydroxylation is 1. The Morgan fingerprint density at radius 3 is 2.44 bits per heavy atom. The number of methoxy groups -OCH3 is 1. The van der Waals surface area contributed by atoms with E-state index in [9.17, 15) is 20.0 Å². The molecular weight excluding hydrogens is 344 g/mol. The van der Waals surface area contributed by atoms with Gasteiger partial charge in [-0.05, 0) is 42.5 Å². The van der Waals surface area contributed by atoms with Crippen molar-refractivity contribution >= 4 is 5.78 Å². The highest BCUT2D eigenvalue weighted by atomic mass is 16.5. The molecule has 6 heteroatoms. The fourth-order valence-corrected chi connectivity index (χ4v) is 3.00. The van der Waals surface area contributed by atoms with Gasteiger partial charge < -0.3 is 9.84 Å². The molecule has 142 valence electrons. The summed E-state index contributed by atoms with van der Waals surface area (Å²) in [6.07, 6.45) is 0.694. The number of benzene rings is 1. The van der Waals surface area contributed by atoms with Gasteiger partial charge in [-0.3, -0.25) is 14.2 Å². The summed E-state index contributed by atoms with van der Waals surface area (Å²) in [5, 5.41) is 20.0. The molecular formula is C21H24N2O4. The lowest BCUT2D eigenvalue weighted by molar-refractivity contribution is 0.0962. The summed E-state index contributed by atoms with van der Waals surface area (Å²) in [5.74, 6) is 0.189. The van der Waals surface area contributed by atoms with E-state index in [4.69, 9.17) is 4.74 Å². The number of aromatic hydroxyl groups is 1. The van der Waals surface area contributed by atoms with Crippen LogP contribution in [0.3, 0.4) is 0 Å². The number of aromatic nitrogens is 1. The Bertz CT molecular complexity index is 935. The smallest absolute Gasteiger partial charge is 0.271 e. The van der Waals surface area contributed by atoms with Crippen molar-refractivity contribution in [2.45, 2.75) is 40.2 Å². The van der Waals surface area contributed by atoms with Crippen molar-refractivity contribution in [2.75, 3.05) is 7.11 Å². The Labute approximate surface area is 158 Å². The van der Waals surface area contributed by atoms with Crippen LogP contribution in [-0.4, -0.2) is 22.6 Å². The summed E-state index contributed by atoms with van der Waals surface area (Å²) in [6.45, 7) is 5.49. The molecule has 6 nitrogen and oxygen atoms in total. The van der Waals surface area contributed by atoms with E-state index in [1.807, 2.05) is 44.2 Å². The number of pyridine rings is 1. The average Bonchev–Trinajstić information content (AvgIpc) is 2.61. The van der Waals surface area contributed by atoms with Crippen LogP contribution in [0.5, 0.6) is 11.6 Å². The highest BCUT2D eigenvalue weighted by molar-refractivity contribution is 6.00. The zero-order chi connectivity index (χ0) is 20.1. The summed E-state index contributed by atoms with van der Waals surface area (Å²) in [7, 11) is 1.58. The van der Waals surface area contributed by atoms with Crippen LogP contribution < -0.4 is 10.3 Å². The van der Waals surface area contributed by atoms with Crippen LogP contribution >= 0.6 is 0 Å². The van der Waals surface area contributed by atoms with Gasteiger partial charge in [-0.1, -0.05) is 26.0 Å². The summed E-state index contributed by atoms with van der Waals surface area (Å²) in [5.41, 5.74) is 0.564. The van der Waals surface area contributed by atoms with Crippen LogP contribution in [0.4, 0.5) is 0 Å². The quantitative estimate of drug-likeness (QED) is 0.758. The number of ether oxygens (including phenoxy) is 1. The van der Waals surface area contributed by atoms with E-state index in [2.05, 4.69) is 0 Å². The second-order valence-corrected chi connectivity index (χ2v) is 6.89. The molecule has 0 amide bonds. The molecule has 0 atom stereocenters. The molecule has 27 heavy (non-hydrogen) atoms. The van der Waals surface area contributed by atoms with Crippen molar-refractivity contribution < 1.29 is 14.6 Å². The minimum Gasteiger partial charge on any atom is -0.497 e. The van der Waals surface area contributed by atoms with E-state index >= 15 is 0 Å². The Morgan fingerprint density at radius 2 is 1.93 bits per heavy atom. The number of carbonyl (C=O) groups excluding carboxylic acids is 1. The summed E-state index contributed by atoms with van der Waals surface area (Å²) >= 11 is 0. The van der Waals surface area contributed by atoms with E-state index in [0.717, 1.165) is 15.9 Å². The minimum atomic E-state index is -0.581. The van der Waals surface area contributed by atoms with Gasteiger partial charge in [-0.2, -0.15) is 5.26 Å². The average molecular weight is 368 g/mol. The van der Waals surface area contributed by atoms with Gasteiger partial charge in [0.15, 0.2) is 5.78 Å². The van der Waals surface area contributed by atoms with Crippen molar-refractivity contribution in [3.05, 3.63) is 56.9 Å². The van der Waals surface area contributed by atoms with Crippen LogP contribution in [0.15, 0.2) is 29.1 Å². The predicted molar refractivity (Wildman–Crippen MR) is 102 cm³/mol. The first-order valence-corrected chi connectivity index (χ1v) is 8.82. The lowest BCUT2D eigenvalue weighted by Gasteiger charge is -2.16. The molecule has 1 N–H and O–H groups in total. The highest BCUT2D eigenvalue weighted by Gasteiger charge is 2.24. The number of nitriles is 1. The monoisotopic (exact) mass is 368 g/mol. The normalized spacial score (nSPS) is 10.7. The summed E-state index contributed by atoms with van der Waals surface area (Å²) in [4.78, 5) is 25.2. The molecule has 0 saturated heterocycles. The number of carbonyl (C=O) groups is 1. The number of nitrogens with zero attached hydrogens (tertiary/aromatic N) is 2. The number of hydrogen-bond donors (Lipinski definition) is 1. The Kier molecular flexibility index (Phi) is 6.40. The van der Waals surface area contributed by atoms with Gasteiger partial charge in [0.1, 0.15) is 17.4 Å². The molecule has 1 heterocycles. The van der Waals surface area contributed by atoms with Crippen LogP contribution in [0.2, 0.25) is 0 Å². The van der Waals surface area contributed by atoms with Crippen molar-refractivity contribution in [3.63, 3.8) is 0 Å². The second-order valence-electron chi connectivity index (χ2n) is 6.89. The molecule has 0 unspecified atom stereocenters. The maximum absolute atomic E-state index is 12.6. The van der Waals surface area contributed by atoms with Gasteiger partial charge in [-0.25, -0.2) is 0 Å². The minimum absolute atomic E-state index is 0.0644. The zero-order valence-electron chi connectivity index (χ0n) is 16.1. The second kappa shape index (κ2) is 8.54. The lowest BCUT2D eigenvalue weighted by atomic mass is 9.96. The van der Waals surface area contributed by atoms with Gasteiger partial charge in [0.05, 0.1) is 12.7 Å².